The number of hydrogen-bond donors (Lipinski definition) is 2. The smallest absolute Gasteiger partial charge is 0.307 e. The van der Waals surface area contributed by atoms with E-state index in [0.717, 1.165) is 0 Å². The van der Waals surface area contributed by atoms with E-state index in [1.54, 1.807) is 17.0 Å². The fourth-order valence-electron chi connectivity index (χ4n) is 2.32. The molecule has 118 valence electrons. The van der Waals surface area contributed by atoms with Crippen molar-refractivity contribution in [2.24, 2.45) is 0 Å². The number of piperazine rings is 1. The second-order valence-electron chi connectivity index (χ2n) is 4.97. The number of amides is 2. The number of methoxy groups -OCH3 is 1. The molecule has 1 unspecified atom stereocenters. The van der Waals surface area contributed by atoms with E-state index in [2.05, 4.69) is 15.4 Å². The molecule has 0 aromatic heterocycles. The topological polar surface area (TPSA) is 87.7 Å². The van der Waals surface area contributed by atoms with E-state index in [0.29, 0.717) is 18.8 Å². The first-order valence-electron chi connectivity index (χ1n) is 7.03. The third-order valence-corrected chi connectivity index (χ3v) is 3.43. The van der Waals surface area contributed by atoms with Crippen molar-refractivity contribution in [3.05, 3.63) is 30.3 Å². The summed E-state index contributed by atoms with van der Waals surface area (Å²) in [6.07, 6.45) is -0.0685. The average Bonchev–Trinajstić information content (AvgIpc) is 2.51. The van der Waals surface area contributed by atoms with Gasteiger partial charge in [0.05, 0.1) is 20.1 Å². The monoisotopic (exact) mass is 305 g/mol. The van der Waals surface area contributed by atoms with E-state index in [-0.39, 0.29) is 24.8 Å². The van der Waals surface area contributed by atoms with Crippen molar-refractivity contribution in [3.8, 4) is 0 Å². The number of benzene rings is 1. The highest BCUT2D eigenvalue weighted by atomic mass is 16.5. The van der Waals surface area contributed by atoms with Crippen LogP contribution >= 0.6 is 0 Å². The highest BCUT2D eigenvalue weighted by Gasteiger charge is 2.32. The molecule has 1 aromatic carbocycles. The Bertz CT molecular complexity index is 547. The molecule has 0 saturated carbocycles. The quantitative estimate of drug-likeness (QED) is 0.747. The van der Waals surface area contributed by atoms with Crippen LogP contribution < -0.4 is 10.6 Å². The number of hydrogen-bond acceptors (Lipinski definition) is 5. The van der Waals surface area contributed by atoms with E-state index in [9.17, 15) is 14.4 Å². The minimum atomic E-state index is -0.678. The third kappa shape index (κ3) is 4.29. The van der Waals surface area contributed by atoms with Gasteiger partial charge in [-0.25, -0.2) is 0 Å². The molecule has 2 N–H and O–H groups in total. The molecule has 1 heterocycles. The van der Waals surface area contributed by atoms with Gasteiger partial charge in [0.2, 0.25) is 11.8 Å². The van der Waals surface area contributed by atoms with E-state index in [1.165, 1.54) is 7.11 Å². The lowest BCUT2D eigenvalue weighted by atomic mass is 10.1. The Balaban J connectivity index is 1.97. The Labute approximate surface area is 128 Å². The van der Waals surface area contributed by atoms with Crippen LogP contribution in [0.15, 0.2) is 30.3 Å². The number of rotatable bonds is 5. The molecule has 1 aliphatic rings. The lowest BCUT2D eigenvalue weighted by Crippen LogP contribution is -2.57. The fraction of sp³-hybridized carbons (Fsp3) is 0.400. The maximum absolute atomic E-state index is 12.1. The summed E-state index contributed by atoms with van der Waals surface area (Å²) in [6, 6.07) is 8.40. The molecule has 7 nitrogen and oxygen atoms in total. The predicted octanol–water partition coefficient (Wildman–Crippen LogP) is -0.0114. The van der Waals surface area contributed by atoms with Crippen LogP contribution in [0.25, 0.3) is 0 Å². The van der Waals surface area contributed by atoms with Gasteiger partial charge in [-0.05, 0) is 12.1 Å². The van der Waals surface area contributed by atoms with Gasteiger partial charge in [-0.2, -0.15) is 0 Å². The third-order valence-electron chi connectivity index (χ3n) is 3.43. The van der Waals surface area contributed by atoms with Gasteiger partial charge in [-0.3, -0.25) is 19.3 Å². The van der Waals surface area contributed by atoms with Gasteiger partial charge >= 0.3 is 5.97 Å². The number of carbonyl (C=O) groups is 3. The van der Waals surface area contributed by atoms with Gasteiger partial charge in [0, 0.05) is 18.8 Å². The molecular formula is C15H19N3O4. The molecule has 0 aliphatic carbocycles. The fourth-order valence-corrected chi connectivity index (χ4v) is 2.32. The van der Waals surface area contributed by atoms with E-state index < -0.39 is 12.0 Å². The summed E-state index contributed by atoms with van der Waals surface area (Å²) in [6.45, 7) is 1.01. The molecule has 0 spiro atoms. The summed E-state index contributed by atoms with van der Waals surface area (Å²) >= 11 is 0. The second-order valence-corrected chi connectivity index (χ2v) is 4.97. The molecule has 0 radical (unpaired) electrons. The standard InChI is InChI=1S/C15H19N3O4/c1-22-14(20)9-12-15(21)16-7-8-18(12)10-13(19)17-11-5-3-2-4-6-11/h2-6,12H,7-10H2,1H3,(H,16,21)(H,17,19). The first-order chi connectivity index (χ1) is 10.6. The largest absolute Gasteiger partial charge is 0.469 e. The molecule has 2 rings (SSSR count). The molecule has 1 aromatic rings. The van der Waals surface area contributed by atoms with Gasteiger partial charge in [-0.15, -0.1) is 0 Å². The van der Waals surface area contributed by atoms with Crippen molar-refractivity contribution in [2.75, 3.05) is 32.1 Å². The lowest BCUT2D eigenvalue weighted by molar-refractivity contribution is -0.146. The molecule has 1 saturated heterocycles. The number of esters is 1. The zero-order valence-corrected chi connectivity index (χ0v) is 12.4. The lowest BCUT2D eigenvalue weighted by Gasteiger charge is -2.33. The highest BCUT2D eigenvalue weighted by Crippen LogP contribution is 2.11. The summed E-state index contributed by atoms with van der Waals surface area (Å²) in [5.74, 6) is -0.963. The maximum atomic E-state index is 12.1. The van der Waals surface area contributed by atoms with Crippen LogP contribution in [0.3, 0.4) is 0 Å². The Morgan fingerprint density at radius 3 is 2.77 bits per heavy atom. The Morgan fingerprint density at radius 2 is 2.09 bits per heavy atom. The van der Waals surface area contributed by atoms with Crippen LogP contribution in [-0.4, -0.2) is 55.5 Å². The predicted molar refractivity (Wildman–Crippen MR) is 80.1 cm³/mol. The summed E-state index contributed by atoms with van der Waals surface area (Å²) in [5.41, 5.74) is 0.693. The Morgan fingerprint density at radius 1 is 1.36 bits per heavy atom. The van der Waals surface area contributed by atoms with E-state index in [1.807, 2.05) is 18.2 Å². The van der Waals surface area contributed by atoms with Gasteiger partial charge in [0.25, 0.3) is 0 Å². The zero-order valence-electron chi connectivity index (χ0n) is 12.4. The van der Waals surface area contributed by atoms with Crippen molar-refractivity contribution in [2.45, 2.75) is 12.5 Å². The summed E-state index contributed by atoms with van der Waals surface area (Å²) in [5, 5.41) is 5.46. The molecule has 7 heteroatoms. The summed E-state index contributed by atoms with van der Waals surface area (Å²) in [4.78, 5) is 37.1. The second kappa shape index (κ2) is 7.56. The van der Waals surface area contributed by atoms with Crippen molar-refractivity contribution in [1.29, 1.82) is 0 Å². The van der Waals surface area contributed by atoms with Crippen LogP contribution in [0.5, 0.6) is 0 Å². The van der Waals surface area contributed by atoms with Crippen molar-refractivity contribution in [1.82, 2.24) is 10.2 Å². The van der Waals surface area contributed by atoms with Crippen LogP contribution in [0, 0.1) is 0 Å². The van der Waals surface area contributed by atoms with Gasteiger partial charge < -0.3 is 15.4 Å². The number of carbonyl (C=O) groups excluding carboxylic acids is 3. The van der Waals surface area contributed by atoms with Gasteiger partial charge in [0.15, 0.2) is 0 Å². The minimum Gasteiger partial charge on any atom is -0.469 e. The molecule has 1 aliphatic heterocycles. The van der Waals surface area contributed by atoms with Crippen LogP contribution in [0.4, 0.5) is 5.69 Å². The van der Waals surface area contributed by atoms with Crippen molar-refractivity contribution >= 4 is 23.5 Å². The number of nitrogens with one attached hydrogen (secondary N) is 2. The molecule has 22 heavy (non-hydrogen) atoms. The highest BCUT2D eigenvalue weighted by molar-refractivity contribution is 5.93. The Hall–Kier alpha value is -2.41. The molecular weight excluding hydrogens is 286 g/mol. The molecule has 2 amide bonds. The minimum absolute atomic E-state index is 0.0456. The Kier molecular flexibility index (Phi) is 5.48. The van der Waals surface area contributed by atoms with Crippen LogP contribution in [-0.2, 0) is 19.1 Å². The van der Waals surface area contributed by atoms with Gasteiger partial charge in [0.1, 0.15) is 6.04 Å². The first kappa shape index (κ1) is 16.0. The van der Waals surface area contributed by atoms with Crippen molar-refractivity contribution < 1.29 is 19.1 Å². The number of anilines is 1. The zero-order chi connectivity index (χ0) is 15.9. The first-order valence-corrected chi connectivity index (χ1v) is 7.03. The number of ether oxygens (including phenoxy) is 1. The summed E-state index contributed by atoms with van der Waals surface area (Å²) in [7, 11) is 1.27. The number of para-hydroxylation sites is 1. The normalized spacial score (nSPS) is 18.4. The SMILES string of the molecule is COC(=O)CC1C(=O)NCCN1CC(=O)Nc1ccccc1. The molecule has 1 atom stereocenters. The van der Waals surface area contributed by atoms with Crippen molar-refractivity contribution in [3.63, 3.8) is 0 Å². The summed E-state index contributed by atoms with van der Waals surface area (Å²) < 4.78 is 4.60. The van der Waals surface area contributed by atoms with Crippen LogP contribution in [0.2, 0.25) is 0 Å². The van der Waals surface area contributed by atoms with Gasteiger partial charge in [-0.1, -0.05) is 18.2 Å². The average molecular weight is 305 g/mol. The molecule has 0 bridgehead atoms. The molecule has 1 fully saturated rings. The number of nitrogens with zero attached hydrogens (tertiary/aromatic N) is 1. The maximum Gasteiger partial charge on any atom is 0.307 e. The van der Waals surface area contributed by atoms with Crippen LogP contribution in [0.1, 0.15) is 6.42 Å². The van der Waals surface area contributed by atoms with E-state index >= 15 is 0 Å². The van der Waals surface area contributed by atoms with E-state index in [4.69, 9.17) is 0 Å².